The molecule has 92 valence electrons. The second-order valence-electron chi connectivity index (χ2n) is 4.43. The topological polar surface area (TPSA) is 49.8 Å². The number of ether oxygens (including phenoxy) is 1. The Morgan fingerprint density at radius 3 is 2.88 bits per heavy atom. The maximum atomic E-state index is 12.3. The van der Waals surface area contributed by atoms with E-state index in [1.54, 1.807) is 30.1 Å². The molecule has 1 amide bonds. The SMILES string of the molecule is Cc1cc(O)ccc1C(=O)N(C)C1CCOC1. The Kier molecular flexibility index (Phi) is 3.33. The van der Waals surface area contributed by atoms with E-state index in [1.807, 2.05) is 6.92 Å². The molecule has 0 bridgehead atoms. The molecule has 1 heterocycles. The molecule has 4 nitrogen and oxygen atoms in total. The third kappa shape index (κ3) is 2.42. The molecule has 1 unspecified atom stereocenters. The maximum Gasteiger partial charge on any atom is 0.254 e. The fourth-order valence-corrected chi connectivity index (χ4v) is 2.07. The largest absolute Gasteiger partial charge is 0.508 e. The van der Waals surface area contributed by atoms with E-state index in [0.29, 0.717) is 12.2 Å². The molecule has 0 aliphatic carbocycles. The Bertz CT molecular complexity index is 425. The number of carbonyl (C=O) groups excluding carboxylic acids is 1. The van der Waals surface area contributed by atoms with E-state index in [2.05, 4.69) is 0 Å². The number of benzene rings is 1. The van der Waals surface area contributed by atoms with Crippen LogP contribution in [0, 0.1) is 6.92 Å². The zero-order valence-electron chi connectivity index (χ0n) is 10.1. The molecule has 1 N–H and O–H groups in total. The molecule has 2 rings (SSSR count). The number of hydrogen-bond donors (Lipinski definition) is 1. The van der Waals surface area contributed by atoms with Gasteiger partial charge < -0.3 is 14.7 Å². The van der Waals surface area contributed by atoms with Crippen LogP contribution in [0.25, 0.3) is 0 Å². The number of nitrogens with zero attached hydrogens (tertiary/aromatic N) is 1. The predicted molar refractivity (Wildman–Crippen MR) is 64.2 cm³/mol. The Morgan fingerprint density at radius 1 is 1.53 bits per heavy atom. The minimum atomic E-state index is -0.0157. The smallest absolute Gasteiger partial charge is 0.254 e. The number of carbonyl (C=O) groups is 1. The first-order valence-electron chi connectivity index (χ1n) is 5.74. The Labute approximate surface area is 101 Å². The average molecular weight is 235 g/mol. The summed E-state index contributed by atoms with van der Waals surface area (Å²) in [6.45, 7) is 3.15. The summed E-state index contributed by atoms with van der Waals surface area (Å²) in [4.78, 5) is 14.0. The van der Waals surface area contributed by atoms with Crippen molar-refractivity contribution in [3.63, 3.8) is 0 Å². The number of hydrogen-bond acceptors (Lipinski definition) is 3. The van der Waals surface area contributed by atoms with E-state index in [4.69, 9.17) is 4.74 Å². The monoisotopic (exact) mass is 235 g/mol. The summed E-state index contributed by atoms with van der Waals surface area (Å²) < 4.78 is 5.28. The predicted octanol–water partition coefficient (Wildman–Crippen LogP) is 1.56. The van der Waals surface area contributed by atoms with Gasteiger partial charge in [0.2, 0.25) is 0 Å². The second kappa shape index (κ2) is 4.75. The minimum absolute atomic E-state index is 0.0157. The summed E-state index contributed by atoms with van der Waals surface area (Å²) in [5, 5.41) is 9.32. The van der Waals surface area contributed by atoms with Crippen LogP contribution in [-0.2, 0) is 4.74 Å². The Balaban J connectivity index is 2.18. The lowest BCUT2D eigenvalue weighted by Gasteiger charge is -2.24. The molecule has 17 heavy (non-hydrogen) atoms. The standard InChI is InChI=1S/C13H17NO3/c1-9-7-11(15)3-4-12(9)13(16)14(2)10-5-6-17-8-10/h3-4,7,10,15H,5-6,8H2,1-2H3. The van der Waals surface area contributed by atoms with Crippen LogP contribution >= 0.6 is 0 Å². The zero-order chi connectivity index (χ0) is 12.4. The Morgan fingerprint density at radius 2 is 2.29 bits per heavy atom. The van der Waals surface area contributed by atoms with Crippen molar-refractivity contribution in [3.8, 4) is 5.75 Å². The van der Waals surface area contributed by atoms with Crippen molar-refractivity contribution in [2.45, 2.75) is 19.4 Å². The number of rotatable bonds is 2. The van der Waals surface area contributed by atoms with Crippen molar-refractivity contribution >= 4 is 5.91 Å². The summed E-state index contributed by atoms with van der Waals surface area (Å²) in [5.41, 5.74) is 1.43. The van der Waals surface area contributed by atoms with Gasteiger partial charge in [0, 0.05) is 19.2 Å². The van der Waals surface area contributed by atoms with E-state index in [9.17, 15) is 9.90 Å². The number of amides is 1. The van der Waals surface area contributed by atoms with Crippen LogP contribution in [0.2, 0.25) is 0 Å². The maximum absolute atomic E-state index is 12.3. The lowest BCUT2D eigenvalue weighted by atomic mass is 10.1. The van der Waals surface area contributed by atoms with Gasteiger partial charge in [-0.3, -0.25) is 4.79 Å². The van der Waals surface area contributed by atoms with Crippen molar-refractivity contribution in [3.05, 3.63) is 29.3 Å². The quantitative estimate of drug-likeness (QED) is 0.846. The molecule has 1 saturated heterocycles. The molecule has 1 atom stereocenters. The van der Waals surface area contributed by atoms with Crippen molar-refractivity contribution in [1.29, 1.82) is 0 Å². The molecule has 0 spiro atoms. The van der Waals surface area contributed by atoms with Gasteiger partial charge in [-0.1, -0.05) is 0 Å². The molecular formula is C13H17NO3. The van der Waals surface area contributed by atoms with Crippen LogP contribution < -0.4 is 0 Å². The van der Waals surface area contributed by atoms with Gasteiger partial charge in [-0.15, -0.1) is 0 Å². The van der Waals surface area contributed by atoms with Crippen molar-refractivity contribution in [2.75, 3.05) is 20.3 Å². The van der Waals surface area contributed by atoms with E-state index in [-0.39, 0.29) is 17.7 Å². The van der Waals surface area contributed by atoms with E-state index in [0.717, 1.165) is 18.6 Å². The number of aryl methyl sites for hydroxylation is 1. The highest BCUT2D eigenvalue weighted by Gasteiger charge is 2.25. The third-order valence-electron chi connectivity index (χ3n) is 3.21. The first-order valence-corrected chi connectivity index (χ1v) is 5.74. The van der Waals surface area contributed by atoms with Crippen LogP contribution in [0.1, 0.15) is 22.3 Å². The van der Waals surface area contributed by atoms with Crippen molar-refractivity contribution in [2.24, 2.45) is 0 Å². The van der Waals surface area contributed by atoms with Gasteiger partial charge in [0.15, 0.2) is 0 Å². The zero-order valence-corrected chi connectivity index (χ0v) is 10.1. The van der Waals surface area contributed by atoms with Crippen LogP contribution in [-0.4, -0.2) is 42.2 Å². The van der Waals surface area contributed by atoms with Gasteiger partial charge in [0.05, 0.1) is 12.6 Å². The molecule has 0 saturated carbocycles. The minimum Gasteiger partial charge on any atom is -0.508 e. The number of aromatic hydroxyl groups is 1. The van der Waals surface area contributed by atoms with Crippen LogP contribution in [0.15, 0.2) is 18.2 Å². The van der Waals surface area contributed by atoms with Crippen molar-refractivity contribution < 1.29 is 14.6 Å². The Hall–Kier alpha value is -1.55. The molecular weight excluding hydrogens is 218 g/mol. The van der Waals surface area contributed by atoms with Crippen LogP contribution in [0.3, 0.4) is 0 Å². The first-order chi connectivity index (χ1) is 8.09. The van der Waals surface area contributed by atoms with Gasteiger partial charge >= 0.3 is 0 Å². The molecule has 0 radical (unpaired) electrons. The highest BCUT2D eigenvalue weighted by atomic mass is 16.5. The highest BCUT2D eigenvalue weighted by Crippen LogP contribution is 2.19. The van der Waals surface area contributed by atoms with E-state index >= 15 is 0 Å². The van der Waals surface area contributed by atoms with Gasteiger partial charge in [-0.25, -0.2) is 0 Å². The fraction of sp³-hybridized carbons (Fsp3) is 0.462. The molecule has 1 aliphatic heterocycles. The van der Waals surface area contributed by atoms with Gasteiger partial charge in [0.25, 0.3) is 5.91 Å². The lowest BCUT2D eigenvalue weighted by molar-refractivity contribution is 0.0710. The number of phenolic OH excluding ortho intramolecular Hbond substituents is 1. The van der Waals surface area contributed by atoms with Crippen LogP contribution in [0.5, 0.6) is 5.75 Å². The summed E-state index contributed by atoms with van der Waals surface area (Å²) in [6.07, 6.45) is 0.888. The summed E-state index contributed by atoms with van der Waals surface area (Å²) in [7, 11) is 1.80. The molecule has 1 fully saturated rings. The number of phenols is 1. The normalized spacial score (nSPS) is 19.3. The molecule has 1 aromatic carbocycles. The number of likely N-dealkylation sites (N-methyl/N-ethyl adjacent to an activating group) is 1. The summed E-state index contributed by atoms with van der Waals surface area (Å²) >= 11 is 0. The van der Waals surface area contributed by atoms with Crippen LogP contribution in [0.4, 0.5) is 0 Å². The molecule has 0 aromatic heterocycles. The molecule has 1 aliphatic rings. The second-order valence-corrected chi connectivity index (χ2v) is 4.43. The fourth-order valence-electron chi connectivity index (χ4n) is 2.07. The van der Waals surface area contributed by atoms with Crippen molar-refractivity contribution in [1.82, 2.24) is 4.90 Å². The lowest BCUT2D eigenvalue weighted by Crippen LogP contribution is -2.37. The van der Waals surface area contributed by atoms with E-state index in [1.165, 1.54) is 0 Å². The highest BCUT2D eigenvalue weighted by molar-refractivity contribution is 5.95. The van der Waals surface area contributed by atoms with Gasteiger partial charge in [-0.05, 0) is 37.1 Å². The summed E-state index contributed by atoms with van der Waals surface area (Å²) in [6, 6.07) is 4.97. The molecule has 1 aromatic rings. The van der Waals surface area contributed by atoms with E-state index < -0.39 is 0 Å². The van der Waals surface area contributed by atoms with Gasteiger partial charge in [-0.2, -0.15) is 0 Å². The first kappa shape index (κ1) is 11.9. The van der Waals surface area contributed by atoms with Gasteiger partial charge in [0.1, 0.15) is 5.75 Å². The third-order valence-corrected chi connectivity index (χ3v) is 3.21. The average Bonchev–Trinajstić information content (AvgIpc) is 2.80. The molecule has 4 heteroatoms. The summed E-state index contributed by atoms with van der Waals surface area (Å²) in [5.74, 6) is 0.170.